The lowest BCUT2D eigenvalue weighted by Crippen LogP contribution is -2.46. The van der Waals surface area contributed by atoms with Crippen molar-refractivity contribution in [1.82, 2.24) is 39.5 Å². The molecule has 2 aliphatic carbocycles. The van der Waals surface area contributed by atoms with E-state index in [1.807, 2.05) is 0 Å². The zero-order valence-corrected chi connectivity index (χ0v) is 45.9. The standard InChI is InChI=1S/C45H61Cl2FN10O20P2/c1-70-10-11-71-21-45(80(67,68)69,74-17-30-32(61)33(62)40(76-30)57-38-27(15-49-57)36(53-42(46)55-38)51-25-4-2-3-5-25)22-72-12-13-75-78-35-31(18-73-44(19-59,20-60)79(64,65)66)77-41(34(35)63)58-39-28(16-50-58)37(54-43(47)56-39)52-29-9-6-23-14-24(48)7-8-26(23)29/h7-8,14-16,25,29-35,40-41,59-63H,2-6,9-13,17-22H2,1H3,(H,51,53,55)(H,52,54,56)(H2,64,65,66)(H2,67,68,69)/t29-,30-,31-,32-,33-,34-,35-,40-,41-,45?/m1/s1. The number of anilines is 2. The lowest BCUT2D eigenvalue weighted by atomic mass is 10.1. The molecule has 0 radical (unpaired) electrons. The Morgan fingerprint density at radius 2 is 1.30 bits per heavy atom. The van der Waals surface area contributed by atoms with Crippen molar-refractivity contribution in [3.05, 3.63) is 58.1 Å². The monoisotopic (exact) mass is 1210 g/mol. The Hall–Kier alpha value is -3.83. The van der Waals surface area contributed by atoms with Gasteiger partial charge in [0, 0.05) is 13.2 Å². The van der Waals surface area contributed by atoms with Gasteiger partial charge < -0.3 is 88.9 Å². The van der Waals surface area contributed by atoms with Gasteiger partial charge in [-0.1, -0.05) is 18.9 Å². The second kappa shape index (κ2) is 25.6. The second-order valence-electron chi connectivity index (χ2n) is 19.5. The summed E-state index contributed by atoms with van der Waals surface area (Å²) >= 11 is 12.7. The van der Waals surface area contributed by atoms with Gasteiger partial charge in [0.2, 0.25) is 21.3 Å². The third-order valence-corrected chi connectivity index (χ3v) is 17.6. The van der Waals surface area contributed by atoms with E-state index < -0.39 is 128 Å². The number of nitrogens with zero attached hydrogens (tertiary/aromatic N) is 8. The van der Waals surface area contributed by atoms with Crippen LogP contribution >= 0.6 is 38.4 Å². The number of hydrogen-bond donors (Lipinski definition) is 11. The molecule has 0 spiro atoms. The number of aliphatic hydroxyl groups excluding tert-OH is 5. The highest BCUT2D eigenvalue weighted by molar-refractivity contribution is 7.53. The van der Waals surface area contributed by atoms with Crippen LogP contribution in [0.1, 0.15) is 61.7 Å². The number of fused-ring (bicyclic) bond motifs is 3. The molecule has 442 valence electrons. The Bertz CT molecular complexity index is 3030. The molecule has 9 rings (SSSR count). The van der Waals surface area contributed by atoms with Gasteiger partial charge >= 0.3 is 15.2 Å². The average Bonchev–Trinajstić information content (AvgIpc) is 4.32. The first kappa shape index (κ1) is 60.8. The van der Waals surface area contributed by atoms with Crippen molar-refractivity contribution in [2.45, 2.75) is 110 Å². The average molecular weight is 1210 g/mol. The van der Waals surface area contributed by atoms with Crippen molar-refractivity contribution < 1.29 is 102 Å². The third kappa shape index (κ3) is 12.8. The summed E-state index contributed by atoms with van der Waals surface area (Å²) in [6, 6.07) is 4.32. The fourth-order valence-corrected chi connectivity index (χ4v) is 11.6. The van der Waals surface area contributed by atoms with Gasteiger partial charge in [-0.05, 0) is 72.1 Å². The van der Waals surface area contributed by atoms with Crippen LogP contribution in [0.25, 0.3) is 22.1 Å². The van der Waals surface area contributed by atoms with E-state index in [9.17, 15) is 58.6 Å². The number of aliphatic hydroxyl groups is 5. The smallest absolute Gasteiger partial charge is 0.361 e. The number of rotatable bonds is 28. The minimum Gasteiger partial charge on any atom is -0.393 e. The summed E-state index contributed by atoms with van der Waals surface area (Å²) in [7, 11) is -9.42. The first-order chi connectivity index (χ1) is 38.2. The van der Waals surface area contributed by atoms with Gasteiger partial charge in [-0.2, -0.15) is 30.1 Å². The molecule has 30 nitrogen and oxygen atoms in total. The predicted octanol–water partition coefficient (Wildman–Crippen LogP) is 1.21. The topological polar surface area (TPSA) is 411 Å². The zero-order valence-electron chi connectivity index (χ0n) is 42.6. The molecule has 4 aliphatic rings. The molecule has 1 unspecified atom stereocenters. The summed E-state index contributed by atoms with van der Waals surface area (Å²) in [4.78, 5) is 70.0. The number of halogens is 3. The molecule has 1 saturated carbocycles. The molecular weight excluding hydrogens is 1150 g/mol. The zero-order chi connectivity index (χ0) is 57.1. The van der Waals surface area contributed by atoms with Gasteiger partial charge in [-0.3, -0.25) is 9.13 Å². The molecule has 2 saturated heterocycles. The van der Waals surface area contributed by atoms with Crippen molar-refractivity contribution in [3.63, 3.8) is 0 Å². The van der Waals surface area contributed by atoms with Crippen LogP contribution in [0.3, 0.4) is 0 Å². The molecule has 3 fully saturated rings. The lowest BCUT2D eigenvalue weighted by Gasteiger charge is -2.34. The number of methoxy groups -OCH3 is 1. The van der Waals surface area contributed by atoms with Crippen LogP contribution < -0.4 is 10.6 Å². The Balaban J connectivity index is 0.875. The number of hydrogen-bond acceptors (Lipinski definition) is 24. The van der Waals surface area contributed by atoms with Crippen molar-refractivity contribution in [2.24, 2.45) is 0 Å². The van der Waals surface area contributed by atoms with Crippen LogP contribution in [0.5, 0.6) is 0 Å². The minimum atomic E-state index is -5.41. The van der Waals surface area contributed by atoms with E-state index in [0.717, 1.165) is 41.5 Å². The van der Waals surface area contributed by atoms with E-state index in [-0.39, 0.29) is 58.8 Å². The van der Waals surface area contributed by atoms with Crippen molar-refractivity contribution in [2.75, 3.05) is 83.8 Å². The SMILES string of the molecule is COCCOCC(COCCOO[C@H]1[C@@H](O)[C@H](n2ncc3c(N[C@@H]4CCc5cc(F)ccc54)nc(Cl)nc32)O[C@@H]1COC(CO)(CO)P(=O)(O)O)(OC[C@H]1O[C@@H](n2ncc3c(NC4CCCC4)nc(Cl)nc32)[C@H](O)[C@@H]1O)P(=O)(O)O. The van der Waals surface area contributed by atoms with Crippen molar-refractivity contribution in [1.29, 1.82) is 0 Å². The van der Waals surface area contributed by atoms with Crippen molar-refractivity contribution in [3.8, 4) is 0 Å². The fraction of sp³-hybridized carbons (Fsp3) is 0.644. The summed E-state index contributed by atoms with van der Waals surface area (Å²) in [6.45, 7) is -7.12. The number of benzene rings is 1. The van der Waals surface area contributed by atoms with E-state index in [4.69, 9.17) is 66.1 Å². The van der Waals surface area contributed by atoms with Crippen LogP contribution in [0.2, 0.25) is 10.6 Å². The quantitative estimate of drug-likeness (QED) is 0.0110. The highest BCUT2D eigenvalue weighted by atomic mass is 35.5. The normalized spacial score (nSPS) is 25.5. The molecule has 4 aromatic heterocycles. The van der Waals surface area contributed by atoms with Gasteiger partial charge in [0.15, 0.2) is 29.9 Å². The predicted molar refractivity (Wildman–Crippen MR) is 273 cm³/mol. The Morgan fingerprint density at radius 1 is 0.738 bits per heavy atom. The van der Waals surface area contributed by atoms with Crippen LogP contribution in [0, 0.1) is 5.82 Å². The summed E-state index contributed by atoms with van der Waals surface area (Å²) in [6.07, 6.45) is -4.60. The molecule has 80 heavy (non-hydrogen) atoms. The lowest BCUT2D eigenvalue weighted by molar-refractivity contribution is -0.345. The summed E-state index contributed by atoms with van der Waals surface area (Å²) < 4.78 is 81.9. The Labute approximate surface area is 463 Å². The largest absolute Gasteiger partial charge is 0.393 e. The number of aryl methyl sites for hydroxylation is 1. The molecule has 1 aromatic carbocycles. The molecule has 10 atom stereocenters. The van der Waals surface area contributed by atoms with Crippen LogP contribution in [-0.2, 0) is 58.5 Å². The highest BCUT2D eigenvalue weighted by Crippen LogP contribution is 2.53. The molecule has 0 amide bonds. The first-order valence-electron chi connectivity index (χ1n) is 25.2. The molecule has 35 heteroatoms. The number of nitrogens with one attached hydrogen (secondary N) is 2. The van der Waals surface area contributed by atoms with Gasteiger partial charge in [0.1, 0.15) is 54.6 Å². The van der Waals surface area contributed by atoms with Gasteiger partial charge in [-0.15, -0.1) is 0 Å². The van der Waals surface area contributed by atoms with Crippen LogP contribution in [-0.4, -0.2) is 211 Å². The van der Waals surface area contributed by atoms with E-state index in [2.05, 4.69) is 40.8 Å². The molecule has 11 N–H and O–H groups in total. The maximum atomic E-state index is 14.0. The fourth-order valence-electron chi connectivity index (χ4n) is 9.89. The summed E-state index contributed by atoms with van der Waals surface area (Å²) in [5.74, 6) is 0.284. The maximum Gasteiger partial charge on any atom is 0.361 e. The van der Waals surface area contributed by atoms with E-state index >= 15 is 0 Å². The third-order valence-electron chi connectivity index (χ3n) is 14.3. The maximum absolute atomic E-state index is 14.0. The summed E-state index contributed by atoms with van der Waals surface area (Å²) in [5.41, 5.74) is 1.87. The van der Waals surface area contributed by atoms with Crippen LogP contribution in [0.15, 0.2) is 30.6 Å². The Kier molecular flexibility index (Phi) is 19.4. The summed E-state index contributed by atoms with van der Waals surface area (Å²) in [5, 5.41) is 64.6. The first-order valence-corrected chi connectivity index (χ1v) is 29.2. The van der Waals surface area contributed by atoms with E-state index in [0.29, 0.717) is 29.4 Å². The highest BCUT2D eigenvalue weighted by Gasteiger charge is 2.54. The minimum absolute atomic E-state index is 0.0190. The second-order valence-corrected chi connectivity index (χ2v) is 24.0. The molecular formula is C45H61Cl2FN10O20P2. The van der Waals surface area contributed by atoms with E-state index in [1.54, 1.807) is 6.07 Å². The Morgan fingerprint density at radius 3 is 1.90 bits per heavy atom. The van der Waals surface area contributed by atoms with Gasteiger partial charge in [-0.25, -0.2) is 23.5 Å². The molecule has 6 heterocycles. The van der Waals surface area contributed by atoms with Crippen LogP contribution in [0.4, 0.5) is 16.0 Å². The molecule has 0 bridgehead atoms. The van der Waals surface area contributed by atoms with Crippen molar-refractivity contribution >= 4 is 72.1 Å². The van der Waals surface area contributed by atoms with Gasteiger partial charge in [0.05, 0.1) is 88.7 Å². The number of ether oxygens (including phenoxy) is 7. The molecule has 2 aliphatic heterocycles. The number of aromatic nitrogens is 8. The van der Waals surface area contributed by atoms with Gasteiger partial charge in [0.25, 0.3) is 0 Å². The molecule has 5 aromatic rings. The van der Waals surface area contributed by atoms with E-state index in [1.165, 1.54) is 36.3 Å².